The van der Waals surface area contributed by atoms with Crippen molar-refractivity contribution in [1.29, 1.82) is 0 Å². The van der Waals surface area contributed by atoms with Gasteiger partial charge in [-0.1, -0.05) is 19.9 Å². The smallest absolute Gasteiger partial charge is 0.326 e. The Morgan fingerprint density at radius 1 is 1.29 bits per heavy atom. The summed E-state index contributed by atoms with van der Waals surface area (Å²) in [7, 11) is 0. The van der Waals surface area contributed by atoms with Crippen molar-refractivity contribution in [2.24, 2.45) is 0 Å². The number of nitrogens with one attached hydrogen (secondary N) is 1. The highest BCUT2D eigenvalue weighted by molar-refractivity contribution is 9.10. The molecule has 1 rings (SSSR count). The number of ether oxygens (including phenoxy) is 1. The maximum Gasteiger partial charge on any atom is 0.326 e. The van der Waals surface area contributed by atoms with Gasteiger partial charge in [0.1, 0.15) is 11.8 Å². The molecule has 0 aliphatic heterocycles. The molecule has 0 aliphatic rings. The van der Waals surface area contributed by atoms with Gasteiger partial charge in [0.2, 0.25) is 0 Å². The lowest BCUT2D eigenvalue weighted by Crippen LogP contribution is -2.42. The van der Waals surface area contributed by atoms with Gasteiger partial charge in [0, 0.05) is 0 Å². The van der Waals surface area contributed by atoms with Crippen molar-refractivity contribution in [2.75, 3.05) is 13.2 Å². The molecular formula is C14H18BrF4NO. The lowest BCUT2D eigenvalue weighted by molar-refractivity contribution is -0.151. The zero-order valence-corrected chi connectivity index (χ0v) is 13.4. The Hall–Kier alpha value is -0.820. The Bertz CT molecular complexity index is 457. The normalized spacial score (nSPS) is 13.5. The number of halogens is 5. The molecule has 7 heteroatoms. The minimum Gasteiger partial charge on any atom is -0.492 e. The van der Waals surface area contributed by atoms with Crippen LogP contribution in [0.4, 0.5) is 17.6 Å². The van der Waals surface area contributed by atoms with Crippen LogP contribution in [0, 0.1) is 0 Å². The Balaban J connectivity index is 3.07. The Morgan fingerprint density at radius 3 is 2.43 bits per heavy atom. The Kier molecular flexibility index (Phi) is 6.93. The van der Waals surface area contributed by atoms with E-state index in [1.54, 1.807) is 6.92 Å². The maximum atomic E-state index is 13.7. The highest BCUT2D eigenvalue weighted by atomic mass is 79.9. The second-order valence-corrected chi connectivity index (χ2v) is 5.36. The molecule has 120 valence electrons. The van der Waals surface area contributed by atoms with Crippen molar-refractivity contribution < 1.29 is 22.3 Å². The zero-order valence-electron chi connectivity index (χ0n) is 11.8. The van der Waals surface area contributed by atoms with Crippen LogP contribution in [0.2, 0.25) is 0 Å². The molecule has 1 atom stereocenters. The van der Waals surface area contributed by atoms with Crippen LogP contribution >= 0.6 is 15.9 Å². The van der Waals surface area contributed by atoms with E-state index in [9.17, 15) is 17.6 Å². The van der Waals surface area contributed by atoms with E-state index in [1.165, 1.54) is 18.2 Å². The minimum atomic E-state index is -4.15. The monoisotopic (exact) mass is 371 g/mol. The number of benzene rings is 1. The van der Waals surface area contributed by atoms with Gasteiger partial charge in [0.05, 0.1) is 11.1 Å². The van der Waals surface area contributed by atoms with E-state index >= 15 is 0 Å². The number of hydrogen-bond acceptors (Lipinski definition) is 2. The molecule has 1 N–H and O–H groups in total. The van der Waals surface area contributed by atoms with E-state index < -0.39 is 18.4 Å². The van der Waals surface area contributed by atoms with Gasteiger partial charge < -0.3 is 10.1 Å². The third-order valence-electron chi connectivity index (χ3n) is 2.84. The molecule has 0 amide bonds. The number of rotatable bonds is 8. The summed E-state index contributed by atoms with van der Waals surface area (Å²) in [5.74, 6) is -3.66. The van der Waals surface area contributed by atoms with Gasteiger partial charge in [-0.15, -0.1) is 0 Å². The molecule has 1 aromatic carbocycles. The Labute approximate surface area is 130 Å². The van der Waals surface area contributed by atoms with Gasteiger partial charge in [-0.2, -0.15) is 8.78 Å². The van der Waals surface area contributed by atoms with E-state index in [4.69, 9.17) is 4.74 Å². The summed E-state index contributed by atoms with van der Waals surface area (Å²) >= 11 is 3.22. The Morgan fingerprint density at radius 2 is 1.95 bits per heavy atom. The van der Waals surface area contributed by atoms with Crippen LogP contribution < -0.4 is 10.1 Å². The summed E-state index contributed by atoms with van der Waals surface area (Å²) in [6, 6.07) is 2.51. The molecule has 0 spiro atoms. The largest absolute Gasteiger partial charge is 0.492 e. The molecule has 0 aromatic heterocycles. The first-order chi connectivity index (χ1) is 9.84. The van der Waals surface area contributed by atoms with Gasteiger partial charge in [0.15, 0.2) is 0 Å². The van der Waals surface area contributed by atoms with E-state index in [0.717, 1.165) is 6.42 Å². The van der Waals surface area contributed by atoms with Gasteiger partial charge in [0.25, 0.3) is 0 Å². The second-order valence-electron chi connectivity index (χ2n) is 4.50. The van der Waals surface area contributed by atoms with Gasteiger partial charge in [-0.3, -0.25) is 0 Å². The fraction of sp³-hybridized carbons (Fsp3) is 0.571. The fourth-order valence-electron chi connectivity index (χ4n) is 1.83. The summed E-state index contributed by atoms with van der Waals surface area (Å²) in [6.07, 6.45) is -2.94. The van der Waals surface area contributed by atoms with Crippen molar-refractivity contribution in [3.63, 3.8) is 0 Å². The van der Waals surface area contributed by atoms with Crippen LogP contribution in [-0.2, 0) is 0 Å². The number of hydrogen-bond donors (Lipinski definition) is 1. The average Bonchev–Trinajstić information content (AvgIpc) is 2.43. The van der Waals surface area contributed by atoms with Crippen LogP contribution in [0.5, 0.6) is 5.75 Å². The quantitative estimate of drug-likeness (QED) is 0.663. The lowest BCUT2D eigenvalue weighted by atomic mass is 10.0. The van der Waals surface area contributed by atoms with Crippen molar-refractivity contribution >= 4 is 15.9 Å². The molecule has 0 aliphatic carbocycles. The highest BCUT2D eigenvalue weighted by Crippen LogP contribution is 2.38. The summed E-state index contributed by atoms with van der Waals surface area (Å²) in [5, 5.41) is 2.42. The van der Waals surface area contributed by atoms with Crippen LogP contribution in [-0.4, -0.2) is 25.5 Å². The first-order valence-corrected chi connectivity index (χ1v) is 7.45. The van der Waals surface area contributed by atoms with E-state index in [-0.39, 0.29) is 12.1 Å². The molecule has 0 saturated heterocycles. The SMILES string of the molecule is CCCOc1ccc(C(NCC)C(F)(F)C(F)F)cc1Br. The summed E-state index contributed by atoms with van der Waals surface area (Å²) in [5.41, 5.74) is 0.0814. The fourth-order valence-corrected chi connectivity index (χ4v) is 2.34. The van der Waals surface area contributed by atoms with Gasteiger partial charge in [-0.25, -0.2) is 8.78 Å². The maximum absolute atomic E-state index is 13.7. The van der Waals surface area contributed by atoms with Crippen molar-refractivity contribution in [3.8, 4) is 5.75 Å². The van der Waals surface area contributed by atoms with E-state index in [1.807, 2.05) is 6.92 Å². The van der Waals surface area contributed by atoms with Crippen molar-refractivity contribution in [3.05, 3.63) is 28.2 Å². The summed E-state index contributed by atoms with van der Waals surface area (Å²) < 4.78 is 58.4. The van der Waals surface area contributed by atoms with Crippen molar-refractivity contribution in [1.82, 2.24) is 5.32 Å². The van der Waals surface area contributed by atoms with Gasteiger partial charge >= 0.3 is 12.3 Å². The summed E-state index contributed by atoms with van der Waals surface area (Å²) in [4.78, 5) is 0. The molecule has 2 nitrogen and oxygen atoms in total. The topological polar surface area (TPSA) is 21.3 Å². The highest BCUT2D eigenvalue weighted by Gasteiger charge is 2.49. The first kappa shape index (κ1) is 18.2. The predicted molar refractivity (Wildman–Crippen MR) is 77.3 cm³/mol. The molecule has 1 aromatic rings. The number of alkyl halides is 4. The van der Waals surface area contributed by atoms with Crippen LogP contribution in [0.3, 0.4) is 0 Å². The third kappa shape index (κ3) is 4.57. The molecule has 0 saturated carbocycles. The van der Waals surface area contributed by atoms with Crippen LogP contribution in [0.15, 0.2) is 22.7 Å². The molecule has 0 fully saturated rings. The average molecular weight is 372 g/mol. The van der Waals surface area contributed by atoms with E-state index in [0.29, 0.717) is 16.8 Å². The molecule has 21 heavy (non-hydrogen) atoms. The van der Waals surface area contributed by atoms with Gasteiger partial charge in [-0.05, 0) is 46.6 Å². The third-order valence-corrected chi connectivity index (χ3v) is 3.45. The predicted octanol–water partition coefficient (Wildman–Crippen LogP) is 4.79. The first-order valence-electron chi connectivity index (χ1n) is 6.66. The van der Waals surface area contributed by atoms with Crippen LogP contribution in [0.25, 0.3) is 0 Å². The van der Waals surface area contributed by atoms with E-state index in [2.05, 4.69) is 21.2 Å². The molecule has 0 radical (unpaired) electrons. The zero-order chi connectivity index (χ0) is 16.0. The minimum absolute atomic E-state index is 0.0814. The summed E-state index contributed by atoms with van der Waals surface area (Å²) in [6.45, 7) is 4.16. The lowest BCUT2D eigenvalue weighted by Gasteiger charge is -2.27. The molecule has 1 unspecified atom stereocenters. The standard InChI is InChI=1S/C14H18BrF4NO/c1-3-7-21-11-6-5-9(8-10(11)15)12(20-4-2)14(18,19)13(16)17/h5-6,8,12-13,20H,3-4,7H2,1-2H3. The molecular weight excluding hydrogens is 354 g/mol. The van der Waals surface area contributed by atoms with Crippen molar-refractivity contribution in [2.45, 2.75) is 38.7 Å². The molecule has 0 bridgehead atoms. The molecule has 0 heterocycles. The second kappa shape index (κ2) is 7.98. The van der Waals surface area contributed by atoms with Crippen LogP contribution in [0.1, 0.15) is 31.9 Å².